The molecule has 2 atom stereocenters. The van der Waals surface area contributed by atoms with Gasteiger partial charge in [-0.1, -0.05) is 13.0 Å². The van der Waals surface area contributed by atoms with Crippen LogP contribution in [0.4, 0.5) is 0 Å². The van der Waals surface area contributed by atoms with Gasteiger partial charge in [0.15, 0.2) is 0 Å². The minimum absolute atomic E-state index is 0.225. The summed E-state index contributed by atoms with van der Waals surface area (Å²) in [6.07, 6.45) is 2.92. The number of hydrogen-bond donors (Lipinski definition) is 1. The lowest BCUT2D eigenvalue weighted by atomic mass is 9.98. The lowest BCUT2D eigenvalue weighted by Crippen LogP contribution is -2.05. The first-order chi connectivity index (χ1) is 9.19. The highest BCUT2D eigenvalue weighted by molar-refractivity contribution is 5.43. The average Bonchev–Trinajstić information content (AvgIpc) is 3.01. The van der Waals surface area contributed by atoms with Crippen LogP contribution in [0, 0.1) is 0 Å². The standard InChI is InChI=1S/C16H18O3/c1-3-14-13(6-7-18-14)16(17)11-4-5-15-12(9-11)8-10(2)19-15/h4-7,9-10,16-17H,3,8H2,1-2H3. The molecule has 0 amide bonds. The number of aliphatic hydroxyl groups is 1. The second kappa shape index (κ2) is 4.74. The Balaban J connectivity index is 1.93. The summed E-state index contributed by atoms with van der Waals surface area (Å²) >= 11 is 0. The first kappa shape index (κ1) is 12.3. The lowest BCUT2D eigenvalue weighted by Gasteiger charge is -2.12. The minimum atomic E-state index is -0.630. The van der Waals surface area contributed by atoms with E-state index in [9.17, 15) is 5.11 Å². The second-order valence-electron chi connectivity index (χ2n) is 5.05. The number of ether oxygens (including phenoxy) is 1. The van der Waals surface area contributed by atoms with E-state index in [4.69, 9.17) is 9.15 Å². The molecule has 2 unspecified atom stereocenters. The van der Waals surface area contributed by atoms with Gasteiger partial charge < -0.3 is 14.3 Å². The fraction of sp³-hybridized carbons (Fsp3) is 0.375. The molecule has 1 aliphatic rings. The number of fused-ring (bicyclic) bond motifs is 1. The maximum atomic E-state index is 10.5. The molecule has 100 valence electrons. The van der Waals surface area contributed by atoms with Crippen LogP contribution in [0.3, 0.4) is 0 Å². The van der Waals surface area contributed by atoms with E-state index in [-0.39, 0.29) is 6.10 Å². The summed E-state index contributed by atoms with van der Waals surface area (Å²) in [6, 6.07) is 7.75. The Bertz CT molecular complexity index is 585. The zero-order valence-electron chi connectivity index (χ0n) is 11.2. The first-order valence-electron chi connectivity index (χ1n) is 6.73. The van der Waals surface area contributed by atoms with Crippen molar-refractivity contribution < 1.29 is 14.3 Å². The van der Waals surface area contributed by atoms with E-state index in [0.29, 0.717) is 0 Å². The Hall–Kier alpha value is -1.74. The molecule has 0 bridgehead atoms. The number of benzene rings is 1. The molecule has 0 spiro atoms. The van der Waals surface area contributed by atoms with Crippen LogP contribution in [0.5, 0.6) is 5.75 Å². The van der Waals surface area contributed by atoms with Gasteiger partial charge in [0, 0.05) is 18.4 Å². The average molecular weight is 258 g/mol. The fourth-order valence-electron chi connectivity index (χ4n) is 2.67. The van der Waals surface area contributed by atoms with Crippen LogP contribution in [-0.4, -0.2) is 11.2 Å². The van der Waals surface area contributed by atoms with Crippen molar-refractivity contribution in [1.82, 2.24) is 0 Å². The highest BCUT2D eigenvalue weighted by atomic mass is 16.5. The maximum absolute atomic E-state index is 10.5. The van der Waals surface area contributed by atoms with Crippen molar-refractivity contribution >= 4 is 0 Å². The monoisotopic (exact) mass is 258 g/mol. The van der Waals surface area contributed by atoms with Gasteiger partial charge >= 0.3 is 0 Å². The van der Waals surface area contributed by atoms with Gasteiger partial charge in [-0.25, -0.2) is 0 Å². The van der Waals surface area contributed by atoms with E-state index in [2.05, 4.69) is 6.92 Å². The number of rotatable bonds is 3. The molecular formula is C16H18O3. The van der Waals surface area contributed by atoms with E-state index in [1.807, 2.05) is 31.2 Å². The third-order valence-corrected chi connectivity index (χ3v) is 3.63. The van der Waals surface area contributed by atoms with Crippen LogP contribution >= 0.6 is 0 Å². The van der Waals surface area contributed by atoms with E-state index in [1.165, 1.54) is 5.56 Å². The van der Waals surface area contributed by atoms with E-state index < -0.39 is 6.10 Å². The molecule has 19 heavy (non-hydrogen) atoms. The van der Waals surface area contributed by atoms with Crippen molar-refractivity contribution in [3.8, 4) is 5.75 Å². The summed E-state index contributed by atoms with van der Waals surface area (Å²) < 4.78 is 11.1. The molecular weight excluding hydrogens is 240 g/mol. The van der Waals surface area contributed by atoms with Gasteiger partial charge in [-0.15, -0.1) is 0 Å². The Morgan fingerprint density at radius 2 is 2.21 bits per heavy atom. The van der Waals surface area contributed by atoms with Crippen molar-refractivity contribution in [3.63, 3.8) is 0 Å². The summed E-state index contributed by atoms with van der Waals surface area (Å²) in [6.45, 7) is 4.08. The number of aryl methyl sites for hydroxylation is 1. The van der Waals surface area contributed by atoms with Crippen LogP contribution < -0.4 is 4.74 Å². The molecule has 2 heterocycles. The Kier molecular flexibility index (Phi) is 3.07. The summed E-state index contributed by atoms with van der Waals surface area (Å²) in [7, 11) is 0. The fourth-order valence-corrected chi connectivity index (χ4v) is 2.67. The highest BCUT2D eigenvalue weighted by Gasteiger charge is 2.22. The van der Waals surface area contributed by atoms with Crippen LogP contribution in [0.15, 0.2) is 34.9 Å². The van der Waals surface area contributed by atoms with Crippen LogP contribution in [0.1, 0.15) is 42.4 Å². The van der Waals surface area contributed by atoms with Gasteiger partial charge in [0.25, 0.3) is 0 Å². The quantitative estimate of drug-likeness (QED) is 0.919. The molecule has 1 N–H and O–H groups in total. The molecule has 0 fully saturated rings. The molecule has 3 heteroatoms. The molecule has 3 nitrogen and oxygen atoms in total. The topological polar surface area (TPSA) is 42.6 Å². The van der Waals surface area contributed by atoms with Crippen LogP contribution in [-0.2, 0) is 12.8 Å². The third kappa shape index (κ3) is 2.15. The second-order valence-corrected chi connectivity index (χ2v) is 5.05. The van der Waals surface area contributed by atoms with Crippen LogP contribution in [0.2, 0.25) is 0 Å². The summed E-state index contributed by atoms with van der Waals surface area (Å²) in [4.78, 5) is 0. The predicted molar refractivity (Wildman–Crippen MR) is 72.4 cm³/mol. The SMILES string of the molecule is CCc1occc1C(O)c1ccc2c(c1)CC(C)O2. The lowest BCUT2D eigenvalue weighted by molar-refractivity contribution is 0.217. The zero-order chi connectivity index (χ0) is 13.4. The van der Waals surface area contributed by atoms with E-state index in [0.717, 1.165) is 35.5 Å². The molecule has 0 aliphatic carbocycles. The van der Waals surface area contributed by atoms with Crippen molar-refractivity contribution in [2.45, 2.75) is 38.9 Å². The molecule has 1 aliphatic heterocycles. The summed E-state index contributed by atoms with van der Waals surface area (Å²) in [5.74, 6) is 1.78. The molecule has 0 radical (unpaired) electrons. The largest absolute Gasteiger partial charge is 0.490 e. The first-order valence-corrected chi connectivity index (χ1v) is 6.73. The van der Waals surface area contributed by atoms with E-state index >= 15 is 0 Å². The molecule has 2 aromatic rings. The number of furan rings is 1. The van der Waals surface area contributed by atoms with Crippen molar-refractivity contribution in [1.29, 1.82) is 0 Å². The highest BCUT2D eigenvalue weighted by Crippen LogP contribution is 2.33. The maximum Gasteiger partial charge on any atom is 0.123 e. The summed E-state index contributed by atoms with van der Waals surface area (Å²) in [5, 5.41) is 10.5. The van der Waals surface area contributed by atoms with Crippen molar-refractivity contribution in [2.75, 3.05) is 0 Å². The van der Waals surface area contributed by atoms with Gasteiger partial charge in [-0.3, -0.25) is 0 Å². The molecule has 1 aromatic carbocycles. The number of hydrogen-bond acceptors (Lipinski definition) is 3. The Morgan fingerprint density at radius 3 is 3.00 bits per heavy atom. The van der Waals surface area contributed by atoms with Crippen molar-refractivity contribution in [3.05, 3.63) is 53.0 Å². The van der Waals surface area contributed by atoms with Gasteiger partial charge in [0.1, 0.15) is 23.7 Å². The Labute approximate surface area is 112 Å². The summed E-state index contributed by atoms with van der Waals surface area (Å²) in [5.41, 5.74) is 2.92. The predicted octanol–water partition coefficient (Wildman–Crippen LogP) is 3.25. The number of aliphatic hydroxyl groups excluding tert-OH is 1. The van der Waals surface area contributed by atoms with Crippen LogP contribution in [0.25, 0.3) is 0 Å². The molecule has 0 saturated heterocycles. The van der Waals surface area contributed by atoms with E-state index in [1.54, 1.807) is 6.26 Å². The molecule has 0 saturated carbocycles. The molecule has 3 rings (SSSR count). The normalized spacial score (nSPS) is 19.0. The minimum Gasteiger partial charge on any atom is -0.490 e. The van der Waals surface area contributed by atoms with Gasteiger partial charge in [0.05, 0.1) is 6.26 Å². The Morgan fingerprint density at radius 1 is 1.37 bits per heavy atom. The smallest absolute Gasteiger partial charge is 0.123 e. The molecule has 1 aromatic heterocycles. The van der Waals surface area contributed by atoms with Gasteiger partial charge in [-0.2, -0.15) is 0 Å². The van der Waals surface area contributed by atoms with Gasteiger partial charge in [-0.05, 0) is 36.2 Å². The van der Waals surface area contributed by atoms with Crippen molar-refractivity contribution in [2.24, 2.45) is 0 Å². The zero-order valence-corrected chi connectivity index (χ0v) is 11.2. The third-order valence-electron chi connectivity index (χ3n) is 3.63. The van der Waals surface area contributed by atoms with Gasteiger partial charge in [0.2, 0.25) is 0 Å².